The summed E-state index contributed by atoms with van der Waals surface area (Å²) in [6, 6.07) is 0. The fourth-order valence-corrected chi connectivity index (χ4v) is 1.10. The van der Waals surface area contributed by atoms with Gasteiger partial charge in [-0.1, -0.05) is 20.3 Å². The third-order valence-corrected chi connectivity index (χ3v) is 1.72. The van der Waals surface area contributed by atoms with E-state index < -0.39 is 0 Å². The number of rotatable bonds is 7. The van der Waals surface area contributed by atoms with Gasteiger partial charge in [-0.25, -0.2) is 0 Å². The number of esters is 1. The van der Waals surface area contributed by atoms with Crippen LogP contribution in [-0.4, -0.2) is 25.2 Å². The first kappa shape index (κ1) is 12.4. The maximum atomic E-state index is 11.1. The molecule has 0 fully saturated rings. The lowest BCUT2D eigenvalue weighted by molar-refractivity contribution is -0.147. The zero-order chi connectivity index (χ0) is 10.1. The van der Waals surface area contributed by atoms with Crippen LogP contribution in [0, 0.1) is 0 Å². The van der Waals surface area contributed by atoms with Crippen LogP contribution >= 0.6 is 0 Å². The molecule has 0 rings (SSSR count). The van der Waals surface area contributed by atoms with E-state index in [0.29, 0.717) is 6.54 Å². The van der Waals surface area contributed by atoms with Crippen molar-refractivity contribution in [3.05, 3.63) is 0 Å². The van der Waals surface area contributed by atoms with Gasteiger partial charge in [0.15, 0.2) is 0 Å². The Morgan fingerprint density at radius 1 is 1.38 bits per heavy atom. The molecule has 3 nitrogen and oxygen atoms in total. The molecule has 0 heterocycles. The highest BCUT2D eigenvalue weighted by atomic mass is 16.5. The Balaban J connectivity index is 3.38. The Morgan fingerprint density at radius 3 is 2.62 bits per heavy atom. The van der Waals surface area contributed by atoms with Crippen LogP contribution in [0.2, 0.25) is 0 Å². The molecule has 0 aliphatic carbocycles. The maximum Gasteiger partial charge on any atom is 0.320 e. The van der Waals surface area contributed by atoms with Gasteiger partial charge in [0.05, 0.1) is 12.6 Å². The smallest absolute Gasteiger partial charge is 0.320 e. The largest absolute Gasteiger partial charge is 0.462 e. The fourth-order valence-electron chi connectivity index (χ4n) is 1.10. The quantitative estimate of drug-likeness (QED) is 0.487. The van der Waals surface area contributed by atoms with Crippen molar-refractivity contribution in [2.45, 2.75) is 46.1 Å². The number of hydrogen-bond donors (Lipinski definition) is 1. The van der Waals surface area contributed by atoms with E-state index in [9.17, 15) is 4.79 Å². The Kier molecular flexibility index (Phi) is 7.69. The van der Waals surface area contributed by atoms with Crippen molar-refractivity contribution < 1.29 is 9.53 Å². The number of ether oxygens (including phenoxy) is 1. The van der Waals surface area contributed by atoms with E-state index in [1.54, 1.807) is 0 Å². The van der Waals surface area contributed by atoms with Gasteiger partial charge in [-0.3, -0.25) is 4.79 Å². The molecule has 78 valence electrons. The van der Waals surface area contributed by atoms with Gasteiger partial charge in [-0.15, -0.1) is 0 Å². The van der Waals surface area contributed by atoms with Crippen LogP contribution < -0.4 is 5.32 Å². The molecule has 1 unspecified atom stereocenters. The summed E-state index contributed by atoms with van der Waals surface area (Å²) < 4.78 is 5.14. The Bertz CT molecular complexity index is 137. The van der Waals surface area contributed by atoms with Gasteiger partial charge in [0.2, 0.25) is 0 Å². The summed E-state index contributed by atoms with van der Waals surface area (Å²) in [6.07, 6.45) is 3.09. The molecule has 1 atom stereocenters. The molecular formula is C10H21NO2. The van der Waals surface area contributed by atoms with Gasteiger partial charge < -0.3 is 10.1 Å². The van der Waals surface area contributed by atoms with Crippen molar-refractivity contribution in [2.24, 2.45) is 0 Å². The lowest BCUT2D eigenvalue weighted by atomic mass is 10.2. The summed E-state index contributed by atoms with van der Waals surface area (Å²) in [7, 11) is 0. The molecule has 13 heavy (non-hydrogen) atoms. The van der Waals surface area contributed by atoms with Crippen molar-refractivity contribution in [1.29, 1.82) is 0 Å². The normalized spacial score (nSPS) is 12.5. The number of nitrogens with one attached hydrogen (secondary N) is 1. The molecule has 0 bridgehead atoms. The highest BCUT2D eigenvalue weighted by Gasteiger charge is 2.06. The molecule has 0 aromatic heterocycles. The van der Waals surface area contributed by atoms with Crippen LogP contribution in [0.25, 0.3) is 0 Å². The van der Waals surface area contributed by atoms with Gasteiger partial charge in [0.1, 0.15) is 0 Å². The monoisotopic (exact) mass is 187 g/mol. The summed E-state index contributed by atoms with van der Waals surface area (Å²) in [6.45, 7) is 7.29. The molecule has 0 aromatic carbocycles. The van der Waals surface area contributed by atoms with Gasteiger partial charge in [-0.05, 0) is 26.3 Å². The average molecular weight is 187 g/mol. The molecule has 0 amide bonds. The SMILES string of the molecule is CCCNCC(=O)OC(C)CCC. The highest BCUT2D eigenvalue weighted by Crippen LogP contribution is 2.00. The van der Waals surface area contributed by atoms with E-state index in [2.05, 4.69) is 19.2 Å². The molecule has 1 N–H and O–H groups in total. The third-order valence-electron chi connectivity index (χ3n) is 1.72. The highest BCUT2D eigenvalue weighted by molar-refractivity contribution is 5.71. The standard InChI is InChI=1S/C10H21NO2/c1-4-6-9(3)13-10(12)8-11-7-5-2/h9,11H,4-8H2,1-3H3. The minimum Gasteiger partial charge on any atom is -0.462 e. The summed E-state index contributed by atoms with van der Waals surface area (Å²) >= 11 is 0. The molecule has 0 aliphatic heterocycles. The minimum atomic E-state index is -0.144. The molecule has 3 heteroatoms. The second kappa shape index (κ2) is 8.05. The first-order valence-electron chi connectivity index (χ1n) is 5.10. The average Bonchev–Trinajstić information content (AvgIpc) is 2.05. The predicted octanol–water partition coefficient (Wildman–Crippen LogP) is 1.72. The van der Waals surface area contributed by atoms with Crippen LogP contribution in [-0.2, 0) is 9.53 Å². The van der Waals surface area contributed by atoms with E-state index in [-0.39, 0.29) is 12.1 Å². The molecular weight excluding hydrogens is 166 g/mol. The van der Waals surface area contributed by atoms with Crippen LogP contribution in [0.15, 0.2) is 0 Å². The van der Waals surface area contributed by atoms with E-state index in [1.807, 2.05) is 6.92 Å². The summed E-state index contributed by atoms with van der Waals surface area (Å²) in [4.78, 5) is 11.1. The summed E-state index contributed by atoms with van der Waals surface area (Å²) in [5.74, 6) is -0.144. The van der Waals surface area contributed by atoms with Gasteiger partial charge in [0, 0.05) is 0 Å². The zero-order valence-corrected chi connectivity index (χ0v) is 8.93. The second-order valence-corrected chi connectivity index (χ2v) is 3.27. The molecule has 0 radical (unpaired) electrons. The van der Waals surface area contributed by atoms with Crippen molar-refractivity contribution in [3.8, 4) is 0 Å². The van der Waals surface area contributed by atoms with E-state index in [4.69, 9.17) is 4.74 Å². The second-order valence-electron chi connectivity index (χ2n) is 3.27. The van der Waals surface area contributed by atoms with Crippen LogP contribution in [0.5, 0.6) is 0 Å². The summed E-state index contributed by atoms with van der Waals surface area (Å²) in [5, 5.41) is 3.01. The maximum absolute atomic E-state index is 11.1. The number of hydrogen-bond acceptors (Lipinski definition) is 3. The molecule has 0 aromatic rings. The third kappa shape index (κ3) is 7.78. The van der Waals surface area contributed by atoms with Crippen LogP contribution in [0.1, 0.15) is 40.0 Å². The number of carbonyl (C=O) groups excluding carboxylic acids is 1. The van der Waals surface area contributed by atoms with Crippen LogP contribution in [0.3, 0.4) is 0 Å². The van der Waals surface area contributed by atoms with Gasteiger partial charge in [-0.2, -0.15) is 0 Å². The van der Waals surface area contributed by atoms with Crippen molar-refractivity contribution in [2.75, 3.05) is 13.1 Å². The first-order valence-corrected chi connectivity index (χ1v) is 5.10. The molecule has 0 aliphatic rings. The van der Waals surface area contributed by atoms with Crippen molar-refractivity contribution >= 4 is 5.97 Å². The fraction of sp³-hybridized carbons (Fsp3) is 0.900. The van der Waals surface area contributed by atoms with Gasteiger partial charge >= 0.3 is 5.97 Å². The summed E-state index contributed by atoms with van der Waals surface area (Å²) in [5.41, 5.74) is 0. The first-order chi connectivity index (χ1) is 6.20. The van der Waals surface area contributed by atoms with Crippen LogP contribution in [0.4, 0.5) is 0 Å². The Labute approximate surface area is 80.8 Å². The molecule has 0 spiro atoms. The molecule has 0 saturated heterocycles. The zero-order valence-electron chi connectivity index (χ0n) is 8.93. The van der Waals surface area contributed by atoms with Gasteiger partial charge in [0.25, 0.3) is 0 Å². The lowest BCUT2D eigenvalue weighted by Gasteiger charge is -2.12. The Morgan fingerprint density at radius 2 is 2.08 bits per heavy atom. The molecule has 0 saturated carbocycles. The minimum absolute atomic E-state index is 0.0564. The van der Waals surface area contributed by atoms with E-state index >= 15 is 0 Å². The predicted molar refractivity (Wildman–Crippen MR) is 53.6 cm³/mol. The lowest BCUT2D eigenvalue weighted by Crippen LogP contribution is -2.27. The topological polar surface area (TPSA) is 38.3 Å². The van der Waals surface area contributed by atoms with E-state index in [0.717, 1.165) is 25.8 Å². The number of carbonyl (C=O) groups is 1. The van der Waals surface area contributed by atoms with Crippen molar-refractivity contribution in [1.82, 2.24) is 5.32 Å². The Hall–Kier alpha value is -0.570. The van der Waals surface area contributed by atoms with Crippen molar-refractivity contribution in [3.63, 3.8) is 0 Å². The van der Waals surface area contributed by atoms with E-state index in [1.165, 1.54) is 0 Å².